The standard InChI is InChI=1S/C14H18N2O2S/c1-3-8-18-11-6-4-10(5-7-11)9-12-13(17)16(2)14(19)15-12/h1,9-11H,4-8H2,2H3,(H,15,19)/b12-9-. The van der Waals surface area contributed by atoms with Gasteiger partial charge in [-0.25, -0.2) is 0 Å². The van der Waals surface area contributed by atoms with E-state index in [1.54, 1.807) is 7.05 Å². The van der Waals surface area contributed by atoms with E-state index in [0.29, 0.717) is 23.3 Å². The second-order valence-corrected chi connectivity index (χ2v) is 5.31. The maximum absolute atomic E-state index is 11.9. The molecule has 0 bridgehead atoms. The number of allylic oxidation sites excluding steroid dienone is 1. The lowest BCUT2D eigenvalue weighted by Gasteiger charge is -2.26. The van der Waals surface area contributed by atoms with Gasteiger partial charge in [-0.1, -0.05) is 12.0 Å². The fourth-order valence-corrected chi connectivity index (χ4v) is 2.65. The molecule has 2 aliphatic rings. The summed E-state index contributed by atoms with van der Waals surface area (Å²) in [5.41, 5.74) is 0.612. The number of thiocarbonyl (C=S) groups is 1. The first-order valence-corrected chi connectivity index (χ1v) is 6.88. The van der Waals surface area contributed by atoms with Gasteiger partial charge >= 0.3 is 0 Å². The van der Waals surface area contributed by atoms with Crippen LogP contribution in [0.3, 0.4) is 0 Å². The lowest BCUT2D eigenvalue weighted by Crippen LogP contribution is -2.25. The summed E-state index contributed by atoms with van der Waals surface area (Å²) in [7, 11) is 1.68. The van der Waals surface area contributed by atoms with E-state index >= 15 is 0 Å². The van der Waals surface area contributed by atoms with Gasteiger partial charge in [0.05, 0.1) is 6.10 Å². The predicted octanol–water partition coefficient (Wildman–Crippen LogP) is 1.43. The number of hydrogen-bond acceptors (Lipinski definition) is 3. The van der Waals surface area contributed by atoms with E-state index in [2.05, 4.69) is 11.2 Å². The van der Waals surface area contributed by atoms with Crippen LogP contribution in [0.2, 0.25) is 0 Å². The Labute approximate surface area is 119 Å². The highest BCUT2D eigenvalue weighted by atomic mass is 32.1. The Morgan fingerprint density at radius 2 is 2.21 bits per heavy atom. The molecule has 1 amide bonds. The summed E-state index contributed by atoms with van der Waals surface area (Å²) in [5.74, 6) is 2.85. The molecule has 0 radical (unpaired) electrons. The van der Waals surface area contributed by atoms with E-state index in [0.717, 1.165) is 25.7 Å². The third-order valence-corrected chi connectivity index (χ3v) is 3.98. The highest BCUT2D eigenvalue weighted by Gasteiger charge is 2.29. The smallest absolute Gasteiger partial charge is 0.275 e. The zero-order valence-electron chi connectivity index (χ0n) is 11.0. The molecule has 0 aromatic carbocycles. The fraction of sp³-hybridized carbons (Fsp3) is 0.571. The summed E-state index contributed by atoms with van der Waals surface area (Å²) in [5, 5.41) is 3.43. The molecule has 1 heterocycles. The van der Waals surface area contributed by atoms with Gasteiger partial charge in [0, 0.05) is 7.05 Å². The van der Waals surface area contributed by atoms with Gasteiger partial charge in [0.2, 0.25) is 0 Å². The van der Waals surface area contributed by atoms with Gasteiger partial charge in [0.15, 0.2) is 5.11 Å². The van der Waals surface area contributed by atoms with Gasteiger partial charge in [-0.3, -0.25) is 9.69 Å². The predicted molar refractivity (Wildman–Crippen MR) is 77.1 cm³/mol. The fourth-order valence-electron chi connectivity index (χ4n) is 2.46. The molecule has 102 valence electrons. The molecule has 4 nitrogen and oxygen atoms in total. The average molecular weight is 278 g/mol. The molecule has 0 unspecified atom stereocenters. The van der Waals surface area contributed by atoms with Crippen molar-refractivity contribution in [2.24, 2.45) is 5.92 Å². The van der Waals surface area contributed by atoms with Crippen LogP contribution >= 0.6 is 12.2 Å². The monoisotopic (exact) mass is 278 g/mol. The summed E-state index contributed by atoms with van der Waals surface area (Å²) >= 11 is 5.04. The van der Waals surface area contributed by atoms with Crippen LogP contribution in [0, 0.1) is 18.3 Å². The van der Waals surface area contributed by atoms with E-state index in [9.17, 15) is 4.79 Å². The maximum Gasteiger partial charge on any atom is 0.275 e. The molecule has 2 rings (SSSR count). The molecule has 2 fully saturated rings. The van der Waals surface area contributed by atoms with Gasteiger partial charge < -0.3 is 10.1 Å². The number of rotatable bonds is 3. The lowest BCUT2D eigenvalue weighted by atomic mass is 9.86. The first-order chi connectivity index (χ1) is 9.11. The van der Waals surface area contributed by atoms with Crippen molar-refractivity contribution >= 4 is 23.2 Å². The number of nitrogens with zero attached hydrogens (tertiary/aromatic N) is 1. The van der Waals surface area contributed by atoms with Crippen molar-refractivity contribution in [3.63, 3.8) is 0 Å². The normalized spacial score (nSPS) is 29.5. The molecule has 1 aliphatic heterocycles. The Kier molecular flexibility index (Phi) is 4.56. The van der Waals surface area contributed by atoms with Crippen LogP contribution in [0.15, 0.2) is 11.8 Å². The zero-order chi connectivity index (χ0) is 13.8. The quantitative estimate of drug-likeness (QED) is 0.482. The molecule has 0 atom stereocenters. The van der Waals surface area contributed by atoms with Crippen LogP contribution < -0.4 is 5.32 Å². The van der Waals surface area contributed by atoms with Gasteiger partial charge in [-0.2, -0.15) is 0 Å². The van der Waals surface area contributed by atoms with Crippen molar-refractivity contribution in [2.75, 3.05) is 13.7 Å². The molecule has 1 aliphatic carbocycles. The van der Waals surface area contributed by atoms with Crippen molar-refractivity contribution in [1.82, 2.24) is 10.2 Å². The zero-order valence-corrected chi connectivity index (χ0v) is 11.8. The summed E-state index contributed by atoms with van der Waals surface area (Å²) in [4.78, 5) is 13.3. The first-order valence-electron chi connectivity index (χ1n) is 6.47. The SMILES string of the molecule is C#CCOC1CCC(/C=C2\NC(=S)N(C)C2=O)CC1. The third-order valence-electron chi connectivity index (χ3n) is 3.60. The van der Waals surface area contributed by atoms with Gasteiger partial charge in [-0.15, -0.1) is 6.42 Å². The number of terminal acetylenes is 1. The molecule has 19 heavy (non-hydrogen) atoms. The minimum atomic E-state index is -0.0456. The number of likely N-dealkylation sites (N-methyl/N-ethyl adjacent to an activating group) is 1. The second-order valence-electron chi connectivity index (χ2n) is 4.93. The van der Waals surface area contributed by atoms with Crippen molar-refractivity contribution in [3.8, 4) is 12.3 Å². The molecule has 0 spiro atoms. The summed E-state index contributed by atoms with van der Waals surface area (Å²) in [6.45, 7) is 0.384. The third kappa shape index (κ3) is 3.34. The second kappa shape index (κ2) is 6.18. The number of carbonyl (C=O) groups excluding carboxylic acids is 1. The van der Waals surface area contributed by atoms with E-state index in [1.807, 2.05) is 6.08 Å². The molecule has 0 aromatic rings. The Hall–Kier alpha value is -1.38. The van der Waals surface area contributed by atoms with Gasteiger partial charge in [0.25, 0.3) is 5.91 Å². The molecule has 1 saturated heterocycles. The Bertz CT molecular complexity index is 445. The number of nitrogens with one attached hydrogen (secondary N) is 1. The van der Waals surface area contributed by atoms with Crippen molar-refractivity contribution in [3.05, 3.63) is 11.8 Å². The molecule has 1 saturated carbocycles. The number of carbonyl (C=O) groups is 1. The average Bonchev–Trinajstić information content (AvgIpc) is 2.66. The number of amides is 1. The van der Waals surface area contributed by atoms with Crippen LogP contribution in [-0.2, 0) is 9.53 Å². The highest BCUT2D eigenvalue weighted by Crippen LogP contribution is 2.28. The molecular weight excluding hydrogens is 260 g/mol. The number of ether oxygens (including phenoxy) is 1. The van der Waals surface area contributed by atoms with Crippen molar-refractivity contribution < 1.29 is 9.53 Å². The largest absolute Gasteiger partial charge is 0.366 e. The summed E-state index contributed by atoms with van der Waals surface area (Å²) in [6.07, 6.45) is 11.5. The van der Waals surface area contributed by atoms with Crippen LogP contribution in [0.4, 0.5) is 0 Å². The molecule has 5 heteroatoms. The van der Waals surface area contributed by atoms with Gasteiger partial charge in [0.1, 0.15) is 12.3 Å². The van der Waals surface area contributed by atoms with Gasteiger partial charge in [-0.05, 0) is 43.8 Å². The highest BCUT2D eigenvalue weighted by molar-refractivity contribution is 7.80. The lowest BCUT2D eigenvalue weighted by molar-refractivity contribution is -0.121. The van der Waals surface area contributed by atoms with E-state index in [-0.39, 0.29) is 12.0 Å². The molecule has 0 aromatic heterocycles. The number of hydrogen-bond donors (Lipinski definition) is 1. The first kappa shape index (κ1) is 14.0. The van der Waals surface area contributed by atoms with Crippen molar-refractivity contribution in [1.29, 1.82) is 0 Å². The Morgan fingerprint density at radius 1 is 1.53 bits per heavy atom. The summed E-state index contributed by atoms with van der Waals surface area (Å²) in [6, 6.07) is 0. The topological polar surface area (TPSA) is 41.6 Å². The molecule has 1 N–H and O–H groups in total. The van der Waals surface area contributed by atoms with Crippen LogP contribution in [-0.4, -0.2) is 35.7 Å². The van der Waals surface area contributed by atoms with E-state index in [4.69, 9.17) is 23.4 Å². The minimum Gasteiger partial charge on any atom is -0.366 e. The van der Waals surface area contributed by atoms with Crippen LogP contribution in [0.25, 0.3) is 0 Å². The Morgan fingerprint density at radius 3 is 2.74 bits per heavy atom. The van der Waals surface area contributed by atoms with E-state index < -0.39 is 0 Å². The van der Waals surface area contributed by atoms with E-state index in [1.165, 1.54) is 4.90 Å². The summed E-state index contributed by atoms with van der Waals surface area (Å²) < 4.78 is 5.54. The Balaban J connectivity index is 1.87. The van der Waals surface area contributed by atoms with Crippen LogP contribution in [0.5, 0.6) is 0 Å². The van der Waals surface area contributed by atoms with Crippen molar-refractivity contribution in [2.45, 2.75) is 31.8 Å². The van der Waals surface area contributed by atoms with Crippen LogP contribution in [0.1, 0.15) is 25.7 Å². The molecular formula is C14H18N2O2S. The maximum atomic E-state index is 11.9. The minimum absolute atomic E-state index is 0.0456.